The van der Waals surface area contributed by atoms with Crippen molar-refractivity contribution in [3.63, 3.8) is 0 Å². The van der Waals surface area contributed by atoms with Crippen LogP contribution in [0.2, 0.25) is 6.32 Å². The molecule has 0 aromatic heterocycles. The normalized spacial score (nSPS) is 20.0. The zero-order chi connectivity index (χ0) is 22.4. The Labute approximate surface area is 182 Å². The van der Waals surface area contributed by atoms with Gasteiger partial charge >= 0.3 is 13.1 Å². The van der Waals surface area contributed by atoms with Gasteiger partial charge in [-0.05, 0) is 37.1 Å². The molecule has 8 heteroatoms. The third-order valence-corrected chi connectivity index (χ3v) is 6.31. The van der Waals surface area contributed by atoms with E-state index in [1.807, 2.05) is 36.4 Å². The van der Waals surface area contributed by atoms with E-state index in [1.165, 1.54) is 0 Å². The molecule has 166 valence electrons. The van der Waals surface area contributed by atoms with Crippen LogP contribution in [-0.4, -0.2) is 39.8 Å². The Balaban J connectivity index is 1.53. The van der Waals surface area contributed by atoms with Crippen molar-refractivity contribution in [2.45, 2.75) is 56.5 Å². The highest BCUT2D eigenvalue weighted by Gasteiger charge is 2.48. The number of benzene rings is 2. The molecule has 3 rings (SSSR count). The smallest absolute Gasteiger partial charge is 0.451 e. The van der Waals surface area contributed by atoms with E-state index >= 15 is 0 Å². The molecular formula is C23H30BFN2O4. The Morgan fingerprint density at radius 2 is 1.84 bits per heavy atom. The summed E-state index contributed by atoms with van der Waals surface area (Å²) in [4.78, 5) is 11.8. The molecule has 0 bridgehead atoms. The zero-order valence-corrected chi connectivity index (χ0v) is 17.5. The van der Waals surface area contributed by atoms with Gasteiger partial charge in [-0.2, -0.15) is 0 Å². The number of carboxylic acids is 1. The lowest BCUT2D eigenvalue weighted by atomic mass is 9.66. The van der Waals surface area contributed by atoms with Crippen molar-refractivity contribution in [3.8, 4) is 11.1 Å². The molecule has 6 nitrogen and oxygen atoms in total. The second-order valence-electron chi connectivity index (χ2n) is 8.46. The summed E-state index contributed by atoms with van der Waals surface area (Å²) in [6.45, 7) is 0.364. The van der Waals surface area contributed by atoms with Gasteiger partial charge < -0.3 is 26.2 Å². The summed E-state index contributed by atoms with van der Waals surface area (Å²) in [7, 11) is -1.38. The summed E-state index contributed by atoms with van der Waals surface area (Å²) in [6.07, 6.45) is 2.76. The second kappa shape index (κ2) is 10.4. The van der Waals surface area contributed by atoms with Gasteiger partial charge in [-0.25, -0.2) is 4.39 Å². The molecule has 0 amide bonds. The molecule has 1 atom stereocenters. The van der Waals surface area contributed by atoms with Crippen LogP contribution >= 0.6 is 0 Å². The van der Waals surface area contributed by atoms with Crippen LogP contribution in [0.4, 0.5) is 4.39 Å². The van der Waals surface area contributed by atoms with E-state index in [0.717, 1.165) is 5.56 Å². The minimum atomic E-state index is -1.38. The van der Waals surface area contributed by atoms with Gasteiger partial charge in [0.15, 0.2) is 0 Å². The molecule has 1 saturated carbocycles. The van der Waals surface area contributed by atoms with Crippen molar-refractivity contribution in [1.82, 2.24) is 5.32 Å². The summed E-state index contributed by atoms with van der Waals surface area (Å²) in [5.74, 6) is -1.44. The Morgan fingerprint density at radius 1 is 1.13 bits per heavy atom. The highest BCUT2D eigenvalue weighted by atomic mass is 19.1. The first-order valence-electron chi connectivity index (χ1n) is 10.8. The standard InChI is InChI=1S/C23H30BFN2O4/c25-21-17(9-6-10-20(21)16-7-2-1-3-8-16)15-27-19-13-18(14-19)23(26,22(28)29)11-4-5-12-24(30)31/h1-3,6-10,18-19,27,30-31H,4-5,11-15,26H2,(H,28,29). The minimum Gasteiger partial charge on any atom is -0.480 e. The van der Waals surface area contributed by atoms with Crippen LogP contribution in [0.1, 0.15) is 37.7 Å². The molecule has 2 aromatic rings. The number of carboxylic acid groups (broad SMARTS) is 1. The van der Waals surface area contributed by atoms with Gasteiger partial charge in [-0.1, -0.05) is 61.4 Å². The van der Waals surface area contributed by atoms with Crippen molar-refractivity contribution in [2.24, 2.45) is 11.7 Å². The summed E-state index contributed by atoms with van der Waals surface area (Å²) in [6, 6.07) is 14.8. The van der Waals surface area contributed by atoms with Crippen molar-refractivity contribution in [1.29, 1.82) is 0 Å². The van der Waals surface area contributed by atoms with E-state index in [9.17, 15) is 14.3 Å². The monoisotopic (exact) mass is 428 g/mol. The van der Waals surface area contributed by atoms with Crippen LogP contribution < -0.4 is 11.1 Å². The number of aliphatic carboxylic acids is 1. The molecule has 0 heterocycles. The van der Waals surface area contributed by atoms with E-state index in [-0.39, 0.29) is 24.1 Å². The van der Waals surface area contributed by atoms with Crippen molar-refractivity contribution in [2.75, 3.05) is 0 Å². The van der Waals surface area contributed by atoms with E-state index in [4.69, 9.17) is 15.8 Å². The Morgan fingerprint density at radius 3 is 2.48 bits per heavy atom. The third-order valence-electron chi connectivity index (χ3n) is 6.31. The van der Waals surface area contributed by atoms with Crippen LogP contribution in [0.5, 0.6) is 0 Å². The lowest BCUT2D eigenvalue weighted by molar-refractivity contribution is -0.148. The number of hydrogen-bond donors (Lipinski definition) is 5. The topological polar surface area (TPSA) is 116 Å². The predicted octanol–water partition coefficient (Wildman–Crippen LogP) is 2.79. The Bertz CT molecular complexity index is 877. The van der Waals surface area contributed by atoms with Crippen LogP contribution in [0, 0.1) is 11.7 Å². The van der Waals surface area contributed by atoms with Crippen molar-refractivity contribution >= 4 is 13.1 Å². The van der Waals surface area contributed by atoms with E-state index in [0.29, 0.717) is 49.8 Å². The van der Waals surface area contributed by atoms with Crippen molar-refractivity contribution < 1.29 is 24.3 Å². The maximum Gasteiger partial charge on any atom is 0.451 e. The van der Waals surface area contributed by atoms with Crippen LogP contribution in [-0.2, 0) is 11.3 Å². The number of carbonyl (C=O) groups is 1. The first-order valence-corrected chi connectivity index (χ1v) is 10.8. The number of unbranched alkanes of at least 4 members (excludes halogenated alkanes) is 1. The summed E-state index contributed by atoms with van der Waals surface area (Å²) >= 11 is 0. The van der Waals surface area contributed by atoms with E-state index in [2.05, 4.69) is 5.32 Å². The van der Waals surface area contributed by atoms with Gasteiger partial charge in [0.05, 0.1) is 0 Å². The molecular weight excluding hydrogens is 398 g/mol. The van der Waals surface area contributed by atoms with Gasteiger partial charge in [0.2, 0.25) is 0 Å². The number of hydrogen-bond acceptors (Lipinski definition) is 5. The molecule has 6 N–H and O–H groups in total. The van der Waals surface area contributed by atoms with Crippen LogP contribution in [0.25, 0.3) is 11.1 Å². The molecule has 2 aromatic carbocycles. The Kier molecular flexibility index (Phi) is 7.83. The number of nitrogens with two attached hydrogens (primary N) is 1. The maximum atomic E-state index is 15.0. The average molecular weight is 428 g/mol. The fourth-order valence-corrected chi connectivity index (χ4v) is 4.25. The molecule has 1 aliphatic rings. The highest BCUT2D eigenvalue weighted by molar-refractivity contribution is 6.40. The highest BCUT2D eigenvalue weighted by Crippen LogP contribution is 2.38. The lowest BCUT2D eigenvalue weighted by Gasteiger charge is -2.45. The maximum absolute atomic E-state index is 15.0. The van der Waals surface area contributed by atoms with Gasteiger partial charge in [0.1, 0.15) is 11.4 Å². The molecule has 31 heavy (non-hydrogen) atoms. The van der Waals surface area contributed by atoms with Crippen LogP contribution in [0.3, 0.4) is 0 Å². The molecule has 1 unspecified atom stereocenters. The average Bonchev–Trinajstić information content (AvgIpc) is 2.71. The SMILES string of the molecule is NC(CCCCB(O)O)(C(=O)O)C1CC(NCc2cccc(-c3ccccc3)c2F)C1. The van der Waals surface area contributed by atoms with Crippen molar-refractivity contribution in [3.05, 3.63) is 59.9 Å². The van der Waals surface area contributed by atoms with Gasteiger partial charge in [-0.3, -0.25) is 4.79 Å². The van der Waals surface area contributed by atoms with Gasteiger partial charge in [-0.15, -0.1) is 0 Å². The quantitative estimate of drug-likeness (QED) is 0.278. The van der Waals surface area contributed by atoms with Gasteiger partial charge in [0, 0.05) is 23.7 Å². The molecule has 1 fully saturated rings. The largest absolute Gasteiger partial charge is 0.480 e. The molecule has 1 aliphatic carbocycles. The fraction of sp³-hybridized carbons (Fsp3) is 0.435. The molecule has 0 radical (unpaired) electrons. The first-order chi connectivity index (χ1) is 14.8. The number of nitrogens with one attached hydrogen (secondary N) is 1. The predicted molar refractivity (Wildman–Crippen MR) is 119 cm³/mol. The fourth-order valence-electron chi connectivity index (χ4n) is 4.25. The molecule has 0 aliphatic heterocycles. The first kappa shape index (κ1) is 23.4. The minimum absolute atomic E-state index is 0.0892. The Hall–Kier alpha value is -2.26. The third kappa shape index (κ3) is 5.71. The summed E-state index contributed by atoms with van der Waals surface area (Å²) < 4.78 is 15.0. The van der Waals surface area contributed by atoms with E-state index in [1.54, 1.807) is 12.1 Å². The number of rotatable bonds is 11. The van der Waals surface area contributed by atoms with Crippen LogP contribution in [0.15, 0.2) is 48.5 Å². The molecule has 0 spiro atoms. The lowest BCUT2D eigenvalue weighted by Crippen LogP contribution is -2.61. The molecule has 0 saturated heterocycles. The zero-order valence-electron chi connectivity index (χ0n) is 17.5. The summed E-state index contributed by atoms with van der Waals surface area (Å²) in [5, 5.41) is 30.8. The van der Waals surface area contributed by atoms with Gasteiger partial charge in [0.25, 0.3) is 0 Å². The van der Waals surface area contributed by atoms with E-state index < -0.39 is 18.6 Å². The summed E-state index contributed by atoms with van der Waals surface area (Å²) in [5.41, 5.74) is 6.87. The number of halogens is 1. The second-order valence-corrected chi connectivity index (χ2v) is 8.46.